The predicted octanol–water partition coefficient (Wildman–Crippen LogP) is 1.93. The number of hydrogen-bond donors (Lipinski definition) is 1. The predicted molar refractivity (Wildman–Crippen MR) is 68.7 cm³/mol. The number of rotatable bonds is 2. The van der Waals surface area contributed by atoms with Gasteiger partial charge in [0, 0.05) is 17.2 Å². The highest BCUT2D eigenvalue weighted by molar-refractivity contribution is 9.10. The van der Waals surface area contributed by atoms with E-state index in [4.69, 9.17) is 0 Å². The van der Waals surface area contributed by atoms with E-state index in [0.717, 1.165) is 15.7 Å². The first-order valence-electron chi connectivity index (χ1n) is 5.32. The van der Waals surface area contributed by atoms with Gasteiger partial charge in [-0.1, -0.05) is 6.07 Å². The molecule has 1 N–H and O–H groups in total. The summed E-state index contributed by atoms with van der Waals surface area (Å²) in [5.74, 6) is -0.321. The summed E-state index contributed by atoms with van der Waals surface area (Å²) in [7, 11) is 1.51. The minimum absolute atomic E-state index is 0.143. The molecule has 1 aliphatic heterocycles. The van der Waals surface area contributed by atoms with Crippen molar-refractivity contribution >= 4 is 33.4 Å². The average Bonchev–Trinajstić information content (AvgIpc) is 2.50. The van der Waals surface area contributed by atoms with Crippen molar-refractivity contribution in [1.29, 1.82) is 0 Å². The smallest absolute Gasteiger partial charge is 0.251 e. The maximum atomic E-state index is 11.7. The maximum Gasteiger partial charge on any atom is 0.251 e. The minimum Gasteiger partial charge on any atom is -0.372 e. The van der Waals surface area contributed by atoms with Crippen LogP contribution in [0.1, 0.15) is 12.0 Å². The van der Waals surface area contributed by atoms with Crippen molar-refractivity contribution in [2.75, 3.05) is 12.4 Å². The topological polar surface area (TPSA) is 49.4 Å². The SMILES string of the molecule is Cc1ccc(NC2CC(=O)N(C)C2=O)c(Br)c1. The molecule has 90 valence electrons. The van der Waals surface area contributed by atoms with Gasteiger partial charge in [-0.25, -0.2) is 0 Å². The molecule has 0 aliphatic carbocycles. The first-order valence-corrected chi connectivity index (χ1v) is 6.11. The molecule has 1 fully saturated rings. The van der Waals surface area contributed by atoms with Crippen molar-refractivity contribution in [2.24, 2.45) is 0 Å². The molecular weight excluding hydrogens is 284 g/mol. The standard InChI is InChI=1S/C12H13BrN2O2/c1-7-3-4-9(8(13)5-7)14-10-6-11(16)15(2)12(10)17/h3-5,10,14H,6H2,1-2H3. The van der Waals surface area contributed by atoms with Crippen LogP contribution in [-0.2, 0) is 9.59 Å². The van der Waals surface area contributed by atoms with Gasteiger partial charge in [0.2, 0.25) is 5.91 Å². The van der Waals surface area contributed by atoms with Crippen LogP contribution < -0.4 is 5.32 Å². The van der Waals surface area contributed by atoms with Crippen LogP contribution in [0.15, 0.2) is 22.7 Å². The van der Waals surface area contributed by atoms with Gasteiger partial charge in [0.1, 0.15) is 6.04 Å². The highest BCUT2D eigenvalue weighted by Gasteiger charge is 2.36. The van der Waals surface area contributed by atoms with Crippen molar-refractivity contribution < 1.29 is 9.59 Å². The fourth-order valence-electron chi connectivity index (χ4n) is 1.79. The molecule has 1 heterocycles. The van der Waals surface area contributed by atoms with Crippen molar-refractivity contribution in [1.82, 2.24) is 4.90 Å². The summed E-state index contributed by atoms with van der Waals surface area (Å²) < 4.78 is 0.896. The second-order valence-electron chi connectivity index (χ2n) is 4.18. The summed E-state index contributed by atoms with van der Waals surface area (Å²) in [5, 5.41) is 3.09. The lowest BCUT2D eigenvalue weighted by atomic mass is 10.2. The number of nitrogens with zero attached hydrogens (tertiary/aromatic N) is 1. The van der Waals surface area contributed by atoms with E-state index in [2.05, 4.69) is 21.2 Å². The van der Waals surface area contributed by atoms with Gasteiger partial charge in [0.25, 0.3) is 5.91 Å². The molecule has 0 saturated carbocycles. The van der Waals surface area contributed by atoms with Crippen molar-refractivity contribution in [2.45, 2.75) is 19.4 Å². The van der Waals surface area contributed by atoms with Crippen LogP contribution in [0.25, 0.3) is 0 Å². The molecule has 1 aromatic carbocycles. The number of nitrogens with one attached hydrogen (secondary N) is 1. The Hall–Kier alpha value is -1.36. The fraction of sp³-hybridized carbons (Fsp3) is 0.333. The van der Waals surface area contributed by atoms with Crippen LogP contribution in [-0.4, -0.2) is 29.8 Å². The number of aryl methyl sites for hydroxylation is 1. The van der Waals surface area contributed by atoms with Gasteiger partial charge in [-0.2, -0.15) is 0 Å². The number of carbonyl (C=O) groups is 2. The van der Waals surface area contributed by atoms with Crippen molar-refractivity contribution in [3.8, 4) is 0 Å². The van der Waals surface area contributed by atoms with E-state index in [-0.39, 0.29) is 18.2 Å². The van der Waals surface area contributed by atoms with Crippen LogP contribution in [0.2, 0.25) is 0 Å². The number of carbonyl (C=O) groups excluding carboxylic acids is 2. The third-order valence-corrected chi connectivity index (χ3v) is 3.49. The Morgan fingerprint density at radius 1 is 1.41 bits per heavy atom. The third kappa shape index (κ3) is 2.34. The number of benzene rings is 1. The van der Waals surface area contributed by atoms with Gasteiger partial charge in [-0.05, 0) is 40.5 Å². The lowest BCUT2D eigenvalue weighted by Gasteiger charge is -2.14. The van der Waals surface area contributed by atoms with Gasteiger partial charge in [0.05, 0.1) is 6.42 Å². The molecule has 1 aromatic rings. The van der Waals surface area contributed by atoms with E-state index in [1.807, 2.05) is 25.1 Å². The van der Waals surface area contributed by atoms with E-state index < -0.39 is 6.04 Å². The summed E-state index contributed by atoms with van der Waals surface area (Å²) in [4.78, 5) is 24.3. The highest BCUT2D eigenvalue weighted by Crippen LogP contribution is 2.26. The number of likely N-dealkylation sites (N-methyl/N-ethyl adjacent to an activating group) is 1. The molecule has 2 rings (SSSR count). The quantitative estimate of drug-likeness (QED) is 0.849. The number of amides is 2. The summed E-state index contributed by atoms with van der Waals surface area (Å²) in [5.41, 5.74) is 1.96. The van der Waals surface area contributed by atoms with E-state index >= 15 is 0 Å². The Balaban J connectivity index is 2.17. The summed E-state index contributed by atoms with van der Waals surface area (Å²) in [6.07, 6.45) is 0.218. The van der Waals surface area contributed by atoms with Crippen molar-refractivity contribution in [3.63, 3.8) is 0 Å². The molecule has 17 heavy (non-hydrogen) atoms. The van der Waals surface area contributed by atoms with E-state index in [9.17, 15) is 9.59 Å². The number of halogens is 1. The summed E-state index contributed by atoms with van der Waals surface area (Å²) >= 11 is 3.43. The highest BCUT2D eigenvalue weighted by atomic mass is 79.9. The van der Waals surface area contributed by atoms with Crippen LogP contribution in [0.5, 0.6) is 0 Å². The average molecular weight is 297 g/mol. The second-order valence-corrected chi connectivity index (χ2v) is 5.03. The molecule has 1 aliphatic rings. The minimum atomic E-state index is -0.452. The molecule has 1 atom stereocenters. The van der Waals surface area contributed by atoms with Gasteiger partial charge in [-0.15, -0.1) is 0 Å². The third-order valence-electron chi connectivity index (χ3n) is 2.84. The molecule has 5 heteroatoms. The van der Waals surface area contributed by atoms with Crippen LogP contribution >= 0.6 is 15.9 Å². The number of likely N-dealkylation sites (tertiary alicyclic amines) is 1. The van der Waals surface area contributed by atoms with Crippen LogP contribution in [0.3, 0.4) is 0 Å². The summed E-state index contributed by atoms with van der Waals surface area (Å²) in [6, 6.07) is 5.37. The van der Waals surface area contributed by atoms with Crippen LogP contribution in [0, 0.1) is 6.92 Å². The molecule has 0 aromatic heterocycles. The largest absolute Gasteiger partial charge is 0.372 e. The number of anilines is 1. The Labute approximate surface area is 108 Å². The lowest BCUT2D eigenvalue weighted by molar-refractivity contribution is -0.136. The number of hydrogen-bond acceptors (Lipinski definition) is 3. The Morgan fingerprint density at radius 2 is 2.12 bits per heavy atom. The molecule has 0 radical (unpaired) electrons. The zero-order valence-electron chi connectivity index (χ0n) is 9.66. The summed E-state index contributed by atoms with van der Waals surface area (Å²) in [6.45, 7) is 1.99. The lowest BCUT2D eigenvalue weighted by Crippen LogP contribution is -2.31. The molecular formula is C12H13BrN2O2. The number of imide groups is 1. The zero-order chi connectivity index (χ0) is 12.6. The molecule has 0 spiro atoms. The Kier molecular flexibility index (Phi) is 3.19. The van der Waals surface area contributed by atoms with Gasteiger partial charge < -0.3 is 5.32 Å². The molecule has 1 unspecified atom stereocenters. The molecule has 4 nitrogen and oxygen atoms in total. The van der Waals surface area contributed by atoms with Crippen molar-refractivity contribution in [3.05, 3.63) is 28.2 Å². The fourth-order valence-corrected chi connectivity index (χ4v) is 2.40. The van der Waals surface area contributed by atoms with Gasteiger partial charge >= 0.3 is 0 Å². The normalized spacial score (nSPS) is 19.9. The molecule has 0 bridgehead atoms. The van der Waals surface area contributed by atoms with Gasteiger partial charge in [0.15, 0.2) is 0 Å². The maximum absolute atomic E-state index is 11.7. The Bertz CT molecular complexity index is 487. The monoisotopic (exact) mass is 296 g/mol. The zero-order valence-corrected chi connectivity index (χ0v) is 11.2. The van der Waals surface area contributed by atoms with E-state index in [0.29, 0.717) is 0 Å². The van der Waals surface area contributed by atoms with E-state index in [1.165, 1.54) is 11.9 Å². The first kappa shape index (κ1) is 12.1. The molecule has 2 amide bonds. The van der Waals surface area contributed by atoms with Gasteiger partial charge in [-0.3, -0.25) is 14.5 Å². The second kappa shape index (κ2) is 4.49. The van der Waals surface area contributed by atoms with E-state index in [1.54, 1.807) is 0 Å². The Morgan fingerprint density at radius 3 is 2.65 bits per heavy atom. The molecule has 1 saturated heterocycles. The first-order chi connectivity index (χ1) is 7.99. The van der Waals surface area contributed by atoms with Crippen LogP contribution in [0.4, 0.5) is 5.69 Å².